The van der Waals surface area contributed by atoms with E-state index >= 15 is 0 Å². The summed E-state index contributed by atoms with van der Waals surface area (Å²) in [6, 6.07) is 5.54. The molecule has 1 fully saturated rings. The highest BCUT2D eigenvalue weighted by atomic mass is 16.2. The van der Waals surface area contributed by atoms with Crippen molar-refractivity contribution in [3.8, 4) is 0 Å². The number of pyridine rings is 1. The number of nitrogens with zero attached hydrogens (tertiary/aromatic N) is 4. The van der Waals surface area contributed by atoms with E-state index in [0.29, 0.717) is 17.2 Å². The third kappa shape index (κ3) is 3.21. The summed E-state index contributed by atoms with van der Waals surface area (Å²) in [7, 11) is 0. The summed E-state index contributed by atoms with van der Waals surface area (Å²) < 4.78 is 0. The Kier molecular flexibility index (Phi) is 4.32. The predicted molar refractivity (Wildman–Crippen MR) is 88.1 cm³/mol. The summed E-state index contributed by atoms with van der Waals surface area (Å²) in [6.07, 6.45) is 6.82. The fraction of sp³-hybridized carbons (Fsp3) is 0.294. The first-order chi connectivity index (χ1) is 11.2. The van der Waals surface area contributed by atoms with Crippen LogP contribution >= 0.6 is 0 Å². The van der Waals surface area contributed by atoms with Crippen LogP contribution in [0, 0.1) is 0 Å². The lowest BCUT2D eigenvalue weighted by molar-refractivity contribution is -0.128. The first-order valence-electron chi connectivity index (χ1n) is 7.62. The number of hydrogen-bond acceptors (Lipinski definition) is 5. The second kappa shape index (κ2) is 6.56. The van der Waals surface area contributed by atoms with Gasteiger partial charge in [-0.05, 0) is 31.9 Å². The van der Waals surface area contributed by atoms with Crippen molar-refractivity contribution in [2.45, 2.75) is 25.8 Å². The van der Waals surface area contributed by atoms with Gasteiger partial charge in [0.25, 0.3) is 0 Å². The van der Waals surface area contributed by atoms with Crippen molar-refractivity contribution in [2.24, 2.45) is 0 Å². The van der Waals surface area contributed by atoms with Gasteiger partial charge in [0.1, 0.15) is 11.5 Å². The number of carbonyl (C=O) groups is 1. The van der Waals surface area contributed by atoms with Crippen molar-refractivity contribution < 1.29 is 4.79 Å². The lowest BCUT2D eigenvalue weighted by Gasteiger charge is -2.25. The van der Waals surface area contributed by atoms with E-state index in [1.807, 2.05) is 23.1 Å². The molecular formula is C17H19N5O. The Morgan fingerprint density at radius 3 is 2.83 bits per heavy atom. The first kappa shape index (κ1) is 15.1. The van der Waals surface area contributed by atoms with Crippen molar-refractivity contribution in [3.05, 3.63) is 54.6 Å². The minimum Gasteiger partial charge on any atom is -0.330 e. The van der Waals surface area contributed by atoms with Crippen LogP contribution in [0.4, 0.5) is 11.6 Å². The van der Waals surface area contributed by atoms with Gasteiger partial charge in [0.2, 0.25) is 5.91 Å². The Labute approximate surface area is 135 Å². The average molecular weight is 309 g/mol. The van der Waals surface area contributed by atoms with Gasteiger partial charge < -0.3 is 10.2 Å². The van der Waals surface area contributed by atoms with Crippen molar-refractivity contribution in [2.75, 3.05) is 11.9 Å². The van der Waals surface area contributed by atoms with E-state index in [0.717, 1.165) is 25.1 Å². The average Bonchev–Trinajstić information content (AvgIpc) is 3.05. The number of rotatable bonds is 4. The topological polar surface area (TPSA) is 71.0 Å². The van der Waals surface area contributed by atoms with Gasteiger partial charge in [0, 0.05) is 30.7 Å². The van der Waals surface area contributed by atoms with E-state index in [9.17, 15) is 4.79 Å². The molecule has 1 amide bonds. The van der Waals surface area contributed by atoms with Crippen LogP contribution in [0.2, 0.25) is 0 Å². The van der Waals surface area contributed by atoms with Crippen LogP contribution in [0.25, 0.3) is 0 Å². The van der Waals surface area contributed by atoms with Crippen molar-refractivity contribution in [1.29, 1.82) is 0 Å². The minimum atomic E-state index is -0.0842. The van der Waals surface area contributed by atoms with Gasteiger partial charge in [-0.3, -0.25) is 9.78 Å². The standard InChI is InChI=1S/C17H19N5O/c1-12(2)17(23)22-11-5-6-13(22)15-16(20-10-9-19-15)21-14-7-3-4-8-18-14/h3-4,7-10,13H,1,5-6,11H2,2H3,(H,18,20,21). The predicted octanol–water partition coefficient (Wildman–Crippen LogP) is 2.85. The van der Waals surface area contributed by atoms with Gasteiger partial charge in [-0.1, -0.05) is 12.6 Å². The van der Waals surface area contributed by atoms with Gasteiger partial charge >= 0.3 is 0 Å². The number of amides is 1. The second-order valence-corrected chi connectivity index (χ2v) is 5.57. The van der Waals surface area contributed by atoms with Gasteiger partial charge in [-0.15, -0.1) is 0 Å². The summed E-state index contributed by atoms with van der Waals surface area (Å²) >= 11 is 0. The highest BCUT2D eigenvalue weighted by Crippen LogP contribution is 2.35. The zero-order chi connectivity index (χ0) is 16.2. The van der Waals surface area contributed by atoms with Gasteiger partial charge in [-0.2, -0.15) is 0 Å². The molecule has 3 heterocycles. The summed E-state index contributed by atoms with van der Waals surface area (Å²) in [6.45, 7) is 6.22. The summed E-state index contributed by atoms with van der Waals surface area (Å²) in [5.41, 5.74) is 1.31. The van der Waals surface area contributed by atoms with Gasteiger partial charge in [-0.25, -0.2) is 9.97 Å². The lowest BCUT2D eigenvalue weighted by Crippen LogP contribution is -2.31. The van der Waals surface area contributed by atoms with Crippen LogP contribution in [-0.4, -0.2) is 32.3 Å². The van der Waals surface area contributed by atoms with Crippen LogP contribution in [0.5, 0.6) is 0 Å². The molecule has 6 nitrogen and oxygen atoms in total. The zero-order valence-corrected chi connectivity index (χ0v) is 13.1. The number of nitrogens with one attached hydrogen (secondary N) is 1. The molecule has 1 aliphatic heterocycles. The van der Waals surface area contributed by atoms with E-state index in [1.165, 1.54) is 0 Å². The molecule has 1 N–H and O–H groups in total. The van der Waals surface area contributed by atoms with Gasteiger partial charge in [0.15, 0.2) is 5.82 Å². The molecule has 23 heavy (non-hydrogen) atoms. The molecule has 1 aliphatic rings. The number of likely N-dealkylation sites (tertiary alicyclic amines) is 1. The Morgan fingerprint density at radius 2 is 2.09 bits per heavy atom. The van der Waals surface area contributed by atoms with E-state index in [-0.39, 0.29) is 11.9 Å². The molecule has 2 aromatic rings. The second-order valence-electron chi connectivity index (χ2n) is 5.57. The Bertz CT molecular complexity index is 716. The molecular weight excluding hydrogens is 290 g/mol. The highest BCUT2D eigenvalue weighted by Gasteiger charge is 2.33. The van der Waals surface area contributed by atoms with Crippen molar-refractivity contribution in [1.82, 2.24) is 19.9 Å². The maximum atomic E-state index is 12.3. The summed E-state index contributed by atoms with van der Waals surface area (Å²) in [4.78, 5) is 27.3. The zero-order valence-electron chi connectivity index (χ0n) is 13.1. The smallest absolute Gasteiger partial charge is 0.249 e. The minimum absolute atomic E-state index is 0.0260. The number of hydrogen-bond donors (Lipinski definition) is 1. The number of anilines is 2. The fourth-order valence-corrected chi connectivity index (χ4v) is 2.79. The number of aromatic nitrogens is 3. The third-order valence-corrected chi connectivity index (χ3v) is 3.83. The Morgan fingerprint density at radius 1 is 1.26 bits per heavy atom. The van der Waals surface area contributed by atoms with Crippen LogP contribution in [0.3, 0.4) is 0 Å². The molecule has 0 aliphatic carbocycles. The Hall–Kier alpha value is -2.76. The highest BCUT2D eigenvalue weighted by molar-refractivity contribution is 5.92. The van der Waals surface area contributed by atoms with E-state index < -0.39 is 0 Å². The quantitative estimate of drug-likeness (QED) is 0.879. The number of carbonyl (C=O) groups excluding carboxylic acids is 1. The Balaban J connectivity index is 1.90. The molecule has 1 saturated heterocycles. The van der Waals surface area contributed by atoms with Crippen LogP contribution < -0.4 is 5.32 Å². The molecule has 0 spiro atoms. The molecule has 1 unspecified atom stereocenters. The van der Waals surface area contributed by atoms with Crippen molar-refractivity contribution in [3.63, 3.8) is 0 Å². The molecule has 118 valence electrons. The maximum absolute atomic E-state index is 12.3. The maximum Gasteiger partial charge on any atom is 0.249 e. The molecule has 0 aromatic carbocycles. The first-order valence-corrected chi connectivity index (χ1v) is 7.62. The molecule has 0 radical (unpaired) electrons. The van der Waals surface area contributed by atoms with Crippen LogP contribution in [0.1, 0.15) is 31.5 Å². The summed E-state index contributed by atoms with van der Waals surface area (Å²) in [5.74, 6) is 1.31. The largest absolute Gasteiger partial charge is 0.330 e. The van der Waals surface area contributed by atoms with E-state index in [1.54, 1.807) is 25.5 Å². The van der Waals surface area contributed by atoms with Crippen molar-refractivity contribution >= 4 is 17.5 Å². The molecule has 2 aromatic heterocycles. The lowest BCUT2D eigenvalue weighted by atomic mass is 10.1. The third-order valence-electron chi connectivity index (χ3n) is 3.83. The monoisotopic (exact) mass is 309 g/mol. The molecule has 0 bridgehead atoms. The summed E-state index contributed by atoms with van der Waals surface area (Å²) in [5, 5.41) is 3.19. The molecule has 6 heteroatoms. The SMILES string of the molecule is C=C(C)C(=O)N1CCCC1c1nccnc1Nc1ccccn1. The molecule has 1 atom stereocenters. The molecule has 3 rings (SSSR count). The molecule has 0 saturated carbocycles. The fourth-order valence-electron chi connectivity index (χ4n) is 2.79. The van der Waals surface area contributed by atoms with E-state index in [4.69, 9.17) is 0 Å². The van der Waals surface area contributed by atoms with Gasteiger partial charge in [0.05, 0.1) is 6.04 Å². The van der Waals surface area contributed by atoms with Crippen LogP contribution in [0.15, 0.2) is 48.9 Å². The van der Waals surface area contributed by atoms with Crippen LogP contribution in [-0.2, 0) is 4.79 Å². The normalized spacial score (nSPS) is 17.1. The van der Waals surface area contributed by atoms with E-state index in [2.05, 4.69) is 26.8 Å².